The summed E-state index contributed by atoms with van der Waals surface area (Å²) in [6.07, 6.45) is 8.01. The third-order valence-corrected chi connectivity index (χ3v) is 4.41. The van der Waals surface area contributed by atoms with Crippen LogP contribution in [0.15, 0.2) is 71.9 Å². The Hall–Kier alpha value is -3.45. The second-order valence-electron chi connectivity index (χ2n) is 7.04. The molecule has 1 aromatic carbocycles. The van der Waals surface area contributed by atoms with E-state index in [0.29, 0.717) is 12.5 Å². The SMILES string of the molecule is C=C(CCC1CO1)C(=O)O.CC(=CC(C)C(=CC=Cc1ccccc1)C(=O)O)C(=O)O. The van der Waals surface area contributed by atoms with Gasteiger partial charge in [0.25, 0.3) is 0 Å². The lowest BCUT2D eigenvalue weighted by Crippen LogP contribution is -2.09. The molecule has 7 heteroatoms. The predicted octanol–water partition coefficient (Wildman–Crippen LogP) is 4.18. The average molecular weight is 428 g/mol. The lowest BCUT2D eigenvalue weighted by atomic mass is 9.98. The van der Waals surface area contributed by atoms with Gasteiger partial charge in [-0.3, -0.25) is 0 Å². The molecular formula is C24H28O7. The zero-order chi connectivity index (χ0) is 23.4. The average Bonchev–Trinajstić information content (AvgIpc) is 3.54. The van der Waals surface area contributed by atoms with Crippen LogP contribution in [0.2, 0.25) is 0 Å². The number of carboxylic acids is 3. The standard InChI is InChI=1S/C17H18O4.C7H10O3/c1-12(11-13(2)16(18)19)15(17(20)21)10-6-9-14-7-4-3-5-8-14;1-5(7(8)9)2-3-6-4-10-6/h3-12H,1-2H3,(H,18,19)(H,20,21);6H,1-4H2,(H,8,9). The molecule has 0 amide bonds. The van der Waals surface area contributed by atoms with E-state index in [4.69, 9.17) is 14.9 Å². The third-order valence-electron chi connectivity index (χ3n) is 4.41. The first-order valence-corrected chi connectivity index (χ1v) is 9.72. The predicted molar refractivity (Wildman–Crippen MR) is 118 cm³/mol. The van der Waals surface area contributed by atoms with E-state index >= 15 is 0 Å². The maximum absolute atomic E-state index is 11.3. The van der Waals surface area contributed by atoms with Gasteiger partial charge in [0.1, 0.15) is 0 Å². The summed E-state index contributed by atoms with van der Waals surface area (Å²) >= 11 is 0. The highest BCUT2D eigenvalue weighted by molar-refractivity contribution is 5.90. The molecule has 1 aliphatic rings. The highest BCUT2D eigenvalue weighted by Gasteiger charge is 2.22. The van der Waals surface area contributed by atoms with Gasteiger partial charge in [-0.1, -0.05) is 68.1 Å². The molecule has 1 aromatic rings. The van der Waals surface area contributed by atoms with Crippen LogP contribution in [0, 0.1) is 5.92 Å². The van der Waals surface area contributed by atoms with Gasteiger partial charge in [0.2, 0.25) is 0 Å². The van der Waals surface area contributed by atoms with Gasteiger partial charge < -0.3 is 20.1 Å². The molecule has 0 aliphatic carbocycles. The van der Waals surface area contributed by atoms with Crippen LogP contribution in [0.25, 0.3) is 6.08 Å². The van der Waals surface area contributed by atoms with Crippen molar-refractivity contribution in [1.82, 2.24) is 0 Å². The normalized spacial score (nSPS) is 16.8. The second kappa shape index (κ2) is 13.0. The van der Waals surface area contributed by atoms with Crippen molar-refractivity contribution in [2.75, 3.05) is 6.61 Å². The molecule has 2 rings (SSSR count). The van der Waals surface area contributed by atoms with E-state index in [-0.39, 0.29) is 16.7 Å². The molecule has 1 aliphatic heterocycles. The summed E-state index contributed by atoms with van der Waals surface area (Å²) in [6.45, 7) is 7.28. The molecular weight excluding hydrogens is 400 g/mol. The third kappa shape index (κ3) is 10.8. The molecule has 0 bridgehead atoms. The van der Waals surface area contributed by atoms with Crippen LogP contribution in [-0.2, 0) is 19.1 Å². The zero-order valence-electron chi connectivity index (χ0n) is 17.7. The summed E-state index contributed by atoms with van der Waals surface area (Å²) < 4.78 is 4.90. The van der Waals surface area contributed by atoms with Gasteiger partial charge in [-0.25, -0.2) is 14.4 Å². The molecule has 7 nitrogen and oxygen atoms in total. The van der Waals surface area contributed by atoms with Crippen LogP contribution < -0.4 is 0 Å². The van der Waals surface area contributed by atoms with Crippen molar-refractivity contribution in [2.24, 2.45) is 5.92 Å². The topological polar surface area (TPSA) is 124 Å². The van der Waals surface area contributed by atoms with E-state index in [2.05, 4.69) is 6.58 Å². The minimum Gasteiger partial charge on any atom is -0.478 e. The monoisotopic (exact) mass is 428 g/mol. The van der Waals surface area contributed by atoms with Crippen LogP contribution in [-0.4, -0.2) is 45.9 Å². The lowest BCUT2D eigenvalue weighted by molar-refractivity contribution is -0.134. The van der Waals surface area contributed by atoms with Gasteiger partial charge in [-0.2, -0.15) is 0 Å². The van der Waals surface area contributed by atoms with Crippen LogP contribution in [0.1, 0.15) is 32.3 Å². The van der Waals surface area contributed by atoms with Gasteiger partial charge in [0.05, 0.1) is 12.7 Å². The first-order valence-electron chi connectivity index (χ1n) is 9.72. The second-order valence-corrected chi connectivity index (χ2v) is 7.04. The number of epoxide rings is 1. The summed E-state index contributed by atoms with van der Waals surface area (Å²) in [5, 5.41) is 26.4. The largest absolute Gasteiger partial charge is 0.478 e. The van der Waals surface area contributed by atoms with Crippen molar-refractivity contribution < 1.29 is 34.4 Å². The molecule has 0 radical (unpaired) electrons. The Morgan fingerprint density at radius 3 is 2.23 bits per heavy atom. The summed E-state index contributed by atoms with van der Waals surface area (Å²) in [5.41, 5.74) is 1.50. The van der Waals surface area contributed by atoms with Gasteiger partial charge >= 0.3 is 17.9 Å². The molecule has 166 valence electrons. The van der Waals surface area contributed by atoms with E-state index < -0.39 is 23.8 Å². The zero-order valence-corrected chi connectivity index (χ0v) is 17.7. The number of rotatable bonds is 10. The molecule has 31 heavy (non-hydrogen) atoms. The molecule has 0 saturated carbocycles. The van der Waals surface area contributed by atoms with Gasteiger partial charge in [-0.15, -0.1) is 0 Å². The van der Waals surface area contributed by atoms with Crippen LogP contribution in [0.5, 0.6) is 0 Å². The van der Waals surface area contributed by atoms with E-state index in [1.807, 2.05) is 30.3 Å². The maximum Gasteiger partial charge on any atom is 0.332 e. The molecule has 0 aromatic heterocycles. The minimum atomic E-state index is -1.06. The fraction of sp³-hybridized carbons (Fsp3) is 0.292. The Morgan fingerprint density at radius 2 is 1.74 bits per heavy atom. The number of aliphatic carboxylic acids is 3. The molecule has 3 N–H and O–H groups in total. The summed E-state index contributed by atoms with van der Waals surface area (Å²) in [7, 11) is 0. The summed E-state index contributed by atoms with van der Waals surface area (Å²) in [4.78, 5) is 32.2. The number of carbonyl (C=O) groups is 3. The Balaban J connectivity index is 0.000000399. The van der Waals surface area contributed by atoms with Crippen LogP contribution >= 0.6 is 0 Å². The van der Waals surface area contributed by atoms with Gasteiger partial charge in [-0.05, 0) is 25.3 Å². The Labute approximate surface area is 181 Å². The first kappa shape index (κ1) is 25.6. The van der Waals surface area contributed by atoms with Crippen molar-refractivity contribution in [2.45, 2.75) is 32.8 Å². The fourth-order valence-corrected chi connectivity index (χ4v) is 2.46. The fourth-order valence-electron chi connectivity index (χ4n) is 2.46. The number of benzene rings is 1. The van der Waals surface area contributed by atoms with Gasteiger partial charge in [0, 0.05) is 22.6 Å². The summed E-state index contributed by atoms with van der Waals surface area (Å²) in [6, 6.07) is 9.49. The maximum atomic E-state index is 11.3. The highest BCUT2D eigenvalue weighted by Crippen LogP contribution is 2.18. The van der Waals surface area contributed by atoms with Crippen LogP contribution in [0.3, 0.4) is 0 Å². The Morgan fingerprint density at radius 1 is 1.13 bits per heavy atom. The number of hydrogen-bond acceptors (Lipinski definition) is 4. The highest BCUT2D eigenvalue weighted by atomic mass is 16.6. The minimum absolute atomic E-state index is 0.127. The molecule has 1 heterocycles. The quantitative estimate of drug-likeness (QED) is 0.290. The number of carboxylic acid groups (broad SMARTS) is 3. The van der Waals surface area contributed by atoms with Crippen molar-refractivity contribution in [3.8, 4) is 0 Å². The first-order chi connectivity index (χ1) is 14.6. The molecule has 1 fully saturated rings. The van der Waals surface area contributed by atoms with E-state index in [9.17, 15) is 19.5 Å². The van der Waals surface area contributed by atoms with Crippen molar-refractivity contribution >= 4 is 24.0 Å². The lowest BCUT2D eigenvalue weighted by Gasteiger charge is -2.07. The van der Waals surface area contributed by atoms with E-state index in [1.54, 1.807) is 19.1 Å². The van der Waals surface area contributed by atoms with Crippen LogP contribution in [0.4, 0.5) is 0 Å². The summed E-state index contributed by atoms with van der Waals surface area (Å²) in [5.74, 6) is -3.50. The van der Waals surface area contributed by atoms with Crippen molar-refractivity contribution in [1.29, 1.82) is 0 Å². The van der Waals surface area contributed by atoms with E-state index in [1.165, 1.54) is 19.1 Å². The molecule has 2 atom stereocenters. The molecule has 0 spiro atoms. The van der Waals surface area contributed by atoms with Gasteiger partial charge in [0.15, 0.2) is 0 Å². The number of ether oxygens (including phenoxy) is 1. The molecule has 2 unspecified atom stereocenters. The Kier molecular flexibility index (Phi) is 10.7. The molecule has 1 saturated heterocycles. The van der Waals surface area contributed by atoms with Crippen molar-refractivity contribution in [3.63, 3.8) is 0 Å². The smallest absolute Gasteiger partial charge is 0.332 e. The number of allylic oxidation sites excluding steroid dienone is 3. The van der Waals surface area contributed by atoms with E-state index in [0.717, 1.165) is 18.6 Å². The number of hydrogen-bond donors (Lipinski definition) is 3. The Bertz CT molecular complexity index is 874. The van der Waals surface area contributed by atoms with Crippen molar-refractivity contribution in [3.05, 3.63) is 77.4 Å².